The summed E-state index contributed by atoms with van der Waals surface area (Å²) in [4.78, 5) is 27.0. The van der Waals surface area contributed by atoms with Crippen LogP contribution in [0.2, 0.25) is 0 Å². The van der Waals surface area contributed by atoms with E-state index in [0.717, 1.165) is 56.9 Å². The van der Waals surface area contributed by atoms with Crippen LogP contribution in [0.4, 0.5) is 0 Å². The molecule has 5 aliphatic carbocycles. The number of aliphatic carboxylic acids is 1. The molecule has 0 aliphatic heterocycles. The molecule has 0 aromatic heterocycles. The van der Waals surface area contributed by atoms with Crippen LogP contribution >= 0.6 is 0 Å². The van der Waals surface area contributed by atoms with E-state index in [0.29, 0.717) is 12.3 Å². The molecule has 0 unspecified atom stereocenters. The van der Waals surface area contributed by atoms with Crippen molar-refractivity contribution < 1.29 is 19.8 Å². The van der Waals surface area contributed by atoms with Crippen LogP contribution in [0.15, 0.2) is 11.6 Å². The highest BCUT2D eigenvalue weighted by molar-refractivity contribution is 5.96. The van der Waals surface area contributed by atoms with Gasteiger partial charge in [-0.2, -0.15) is 0 Å². The third kappa shape index (κ3) is 2.81. The summed E-state index contributed by atoms with van der Waals surface area (Å²) in [7, 11) is 0. The van der Waals surface area contributed by atoms with Gasteiger partial charge in [-0.25, -0.2) is 0 Å². The first-order valence-corrected chi connectivity index (χ1v) is 13.7. The maximum absolute atomic E-state index is 14.2. The number of aliphatic hydroxyl groups excluding tert-OH is 1. The van der Waals surface area contributed by atoms with Crippen LogP contribution < -0.4 is 0 Å². The zero-order valence-corrected chi connectivity index (χ0v) is 22.5. The molecule has 0 radical (unpaired) electrons. The fourth-order valence-electron chi connectivity index (χ4n) is 10.4. The van der Waals surface area contributed by atoms with Crippen molar-refractivity contribution in [1.29, 1.82) is 0 Å². The highest BCUT2D eigenvalue weighted by Crippen LogP contribution is 2.75. The molecule has 5 aliphatic rings. The number of carbonyl (C=O) groups is 2. The molecule has 4 fully saturated rings. The van der Waals surface area contributed by atoms with E-state index in [9.17, 15) is 19.8 Å². The Labute approximate surface area is 206 Å². The molecule has 0 amide bonds. The van der Waals surface area contributed by atoms with Gasteiger partial charge in [-0.1, -0.05) is 54.0 Å². The van der Waals surface area contributed by atoms with Gasteiger partial charge in [0.15, 0.2) is 5.78 Å². The van der Waals surface area contributed by atoms with E-state index in [-0.39, 0.29) is 50.8 Å². The molecule has 8 atom stereocenters. The first-order valence-electron chi connectivity index (χ1n) is 13.7. The molecule has 0 heterocycles. The predicted octanol–water partition coefficient (Wildman–Crippen LogP) is 6.41. The van der Waals surface area contributed by atoms with Crippen LogP contribution in [0.25, 0.3) is 0 Å². The van der Waals surface area contributed by atoms with Gasteiger partial charge in [0.1, 0.15) is 0 Å². The summed E-state index contributed by atoms with van der Waals surface area (Å²) in [6.45, 7) is 16.0. The lowest BCUT2D eigenvalue weighted by Gasteiger charge is -2.70. The third-order valence-electron chi connectivity index (χ3n) is 12.8. The second-order valence-corrected chi connectivity index (χ2v) is 15.0. The number of carbonyl (C=O) groups excluding carboxylic acids is 1. The SMILES string of the molecule is CC1(C)CC[C@]2(C(=O)O)CC[C@]3(C)C(=CC(=O)[C@@H]4[C@@]5(C)CC[C@H](O)C(C)(C)[C@H]5CC[C@]43C)[C@@H]2C1. The van der Waals surface area contributed by atoms with Crippen LogP contribution in [-0.4, -0.2) is 28.1 Å². The molecular weight excluding hydrogens is 424 g/mol. The Bertz CT molecular complexity index is 961. The van der Waals surface area contributed by atoms with Crippen molar-refractivity contribution in [2.45, 2.75) is 112 Å². The molecule has 2 N–H and O–H groups in total. The molecule has 0 bridgehead atoms. The minimum Gasteiger partial charge on any atom is -0.481 e. The van der Waals surface area contributed by atoms with Crippen LogP contribution in [0.3, 0.4) is 0 Å². The topological polar surface area (TPSA) is 74.6 Å². The Balaban J connectivity index is 1.65. The van der Waals surface area contributed by atoms with Gasteiger partial charge in [0.05, 0.1) is 11.5 Å². The smallest absolute Gasteiger partial charge is 0.310 e. The van der Waals surface area contributed by atoms with Gasteiger partial charge in [-0.15, -0.1) is 0 Å². The molecule has 0 spiro atoms. The number of ketones is 1. The number of aliphatic hydroxyl groups is 1. The minimum absolute atomic E-state index is 0.0515. The van der Waals surface area contributed by atoms with Crippen molar-refractivity contribution >= 4 is 11.8 Å². The van der Waals surface area contributed by atoms with Crippen molar-refractivity contribution in [2.75, 3.05) is 0 Å². The van der Waals surface area contributed by atoms with Crippen LogP contribution in [0, 0.1) is 50.2 Å². The number of hydrogen-bond donors (Lipinski definition) is 2. The van der Waals surface area contributed by atoms with E-state index in [1.165, 1.54) is 0 Å². The monoisotopic (exact) mass is 470 g/mol. The van der Waals surface area contributed by atoms with Crippen LogP contribution in [0.5, 0.6) is 0 Å². The van der Waals surface area contributed by atoms with Crippen molar-refractivity contribution in [3.63, 3.8) is 0 Å². The summed E-state index contributed by atoms with van der Waals surface area (Å²) in [5.41, 5.74) is -0.127. The van der Waals surface area contributed by atoms with Crippen LogP contribution in [0.1, 0.15) is 106 Å². The minimum atomic E-state index is -0.720. The number of fused-ring (bicyclic) bond motifs is 7. The van der Waals surface area contributed by atoms with E-state index in [1.54, 1.807) is 0 Å². The Kier molecular flexibility index (Phi) is 5.04. The second-order valence-electron chi connectivity index (χ2n) is 15.0. The Morgan fingerprint density at radius 2 is 1.56 bits per heavy atom. The average molecular weight is 471 g/mol. The van der Waals surface area contributed by atoms with Gasteiger partial charge < -0.3 is 10.2 Å². The normalized spacial score (nSPS) is 51.3. The molecule has 0 aromatic rings. The highest BCUT2D eigenvalue weighted by atomic mass is 16.4. The molecule has 34 heavy (non-hydrogen) atoms. The van der Waals surface area contributed by atoms with Gasteiger partial charge in [0, 0.05) is 5.92 Å². The van der Waals surface area contributed by atoms with Crippen molar-refractivity contribution in [3.8, 4) is 0 Å². The van der Waals surface area contributed by atoms with Gasteiger partial charge in [0.2, 0.25) is 0 Å². The lowest BCUT2D eigenvalue weighted by Crippen LogP contribution is -2.67. The zero-order valence-electron chi connectivity index (χ0n) is 22.5. The summed E-state index contributed by atoms with van der Waals surface area (Å²) >= 11 is 0. The predicted molar refractivity (Wildman–Crippen MR) is 133 cm³/mol. The van der Waals surface area contributed by atoms with Crippen molar-refractivity contribution in [2.24, 2.45) is 50.2 Å². The molecule has 4 nitrogen and oxygen atoms in total. The van der Waals surface area contributed by atoms with E-state index in [2.05, 4.69) is 48.5 Å². The Morgan fingerprint density at radius 1 is 0.912 bits per heavy atom. The quantitative estimate of drug-likeness (QED) is 0.464. The third-order valence-corrected chi connectivity index (χ3v) is 12.8. The molecular formula is C30H46O4. The van der Waals surface area contributed by atoms with Gasteiger partial charge >= 0.3 is 5.97 Å². The summed E-state index contributed by atoms with van der Waals surface area (Å²) in [5, 5.41) is 21.3. The maximum Gasteiger partial charge on any atom is 0.310 e. The largest absolute Gasteiger partial charge is 0.481 e. The first kappa shape index (κ1) is 24.5. The van der Waals surface area contributed by atoms with E-state index in [4.69, 9.17) is 0 Å². The fourth-order valence-corrected chi connectivity index (χ4v) is 10.4. The number of carboxylic acid groups (broad SMARTS) is 1. The molecule has 0 saturated heterocycles. The van der Waals surface area contributed by atoms with E-state index in [1.807, 2.05) is 6.08 Å². The molecule has 4 saturated carbocycles. The Morgan fingerprint density at radius 3 is 2.21 bits per heavy atom. The van der Waals surface area contributed by atoms with Gasteiger partial charge in [-0.05, 0) is 103 Å². The number of hydrogen-bond acceptors (Lipinski definition) is 3. The lowest BCUT2D eigenvalue weighted by atomic mass is 9.33. The summed E-state index contributed by atoms with van der Waals surface area (Å²) in [5.74, 6) is -0.217. The molecule has 190 valence electrons. The van der Waals surface area contributed by atoms with E-state index < -0.39 is 11.4 Å². The Hall–Kier alpha value is -1.16. The fraction of sp³-hybridized carbons (Fsp3) is 0.867. The maximum atomic E-state index is 14.2. The molecule has 5 rings (SSSR count). The summed E-state index contributed by atoms with van der Waals surface area (Å²) in [6, 6.07) is 0. The van der Waals surface area contributed by atoms with Gasteiger partial charge in [0.25, 0.3) is 0 Å². The van der Waals surface area contributed by atoms with Crippen LogP contribution in [-0.2, 0) is 9.59 Å². The van der Waals surface area contributed by atoms with Crippen molar-refractivity contribution in [3.05, 3.63) is 11.6 Å². The standard InChI is InChI=1S/C30H46O4/c1-25(2)12-14-30(24(33)34)15-13-28(6)18(19(30)17-25)16-20(31)23-27(5)10-9-22(32)26(3,4)21(27)8-11-29(23,28)7/h16,19,21-23,32H,8-15,17H2,1-7H3,(H,33,34)/t19-,21+,22-,23+,27-,28+,29+,30-/m0/s1. The highest BCUT2D eigenvalue weighted by Gasteiger charge is 2.71. The van der Waals surface area contributed by atoms with Gasteiger partial charge in [-0.3, -0.25) is 9.59 Å². The molecule has 4 heteroatoms. The lowest BCUT2D eigenvalue weighted by molar-refractivity contribution is -0.204. The first-order chi connectivity index (χ1) is 15.6. The summed E-state index contributed by atoms with van der Waals surface area (Å²) < 4.78 is 0. The average Bonchev–Trinajstić information content (AvgIpc) is 2.72. The second kappa shape index (κ2) is 6.99. The molecule has 0 aromatic carbocycles. The van der Waals surface area contributed by atoms with E-state index >= 15 is 0 Å². The zero-order chi connectivity index (χ0) is 25.1. The number of carboxylic acids is 1. The number of allylic oxidation sites excluding steroid dienone is 2. The summed E-state index contributed by atoms with van der Waals surface area (Å²) in [6.07, 6.45) is 9.38. The van der Waals surface area contributed by atoms with Crippen molar-refractivity contribution in [1.82, 2.24) is 0 Å². The number of rotatable bonds is 1.